The van der Waals surface area contributed by atoms with Crippen molar-refractivity contribution in [3.63, 3.8) is 0 Å². The maximum Gasteiger partial charge on any atom is 0.226 e. The molecule has 5 aromatic rings. The molecule has 1 aliphatic heterocycles. The lowest BCUT2D eigenvalue weighted by Gasteiger charge is -2.30. The standard InChI is InChI=1S/C26H24ClF2N9O4/c1-2-38-35-22(34-36-38)20-18(39)19(40)24(42-20)37-12-31-17-21(32-25(27)33-23(17)37)30-11-26(41,13-3-7-15(28)8-4-13)14-5-9-16(29)10-6-14/h3-10,12,18-20,24,39-41H,2,11H2,1H3,(H,30,32,33)/t18-,19+,20-,24+/m0/s1. The highest BCUT2D eigenvalue weighted by molar-refractivity contribution is 6.28. The number of anilines is 1. The summed E-state index contributed by atoms with van der Waals surface area (Å²) in [4.78, 5) is 14.2. The molecule has 4 N–H and O–H groups in total. The van der Waals surface area contributed by atoms with Gasteiger partial charge in [0.2, 0.25) is 11.1 Å². The van der Waals surface area contributed by atoms with Gasteiger partial charge in [-0.3, -0.25) is 4.57 Å². The smallest absolute Gasteiger partial charge is 0.226 e. The van der Waals surface area contributed by atoms with Gasteiger partial charge in [0.15, 0.2) is 29.3 Å². The molecule has 6 rings (SSSR count). The minimum absolute atomic E-state index is 0.103. The Bertz CT molecular complexity index is 1670. The minimum Gasteiger partial charge on any atom is -0.387 e. The van der Waals surface area contributed by atoms with Crippen molar-refractivity contribution in [2.24, 2.45) is 0 Å². The number of fused-ring (bicyclic) bond motifs is 1. The van der Waals surface area contributed by atoms with Crippen molar-refractivity contribution in [1.82, 2.24) is 39.7 Å². The maximum atomic E-state index is 13.7. The number of tetrazole rings is 1. The number of imidazole rings is 1. The van der Waals surface area contributed by atoms with E-state index in [0.29, 0.717) is 17.7 Å². The fourth-order valence-corrected chi connectivity index (χ4v) is 5.00. The Hall–Kier alpha value is -4.15. The average Bonchev–Trinajstić information content (AvgIpc) is 3.70. The number of nitrogens with zero attached hydrogens (tertiary/aromatic N) is 8. The number of ether oxygens (including phenoxy) is 1. The third kappa shape index (κ3) is 4.94. The summed E-state index contributed by atoms with van der Waals surface area (Å²) in [6.45, 7) is 2.07. The Labute approximate surface area is 241 Å². The molecule has 4 atom stereocenters. The number of benzene rings is 2. The molecule has 1 aliphatic rings. The molecule has 0 bridgehead atoms. The van der Waals surface area contributed by atoms with Crippen molar-refractivity contribution in [3.05, 3.63) is 88.7 Å². The second-order valence-electron chi connectivity index (χ2n) is 9.66. The van der Waals surface area contributed by atoms with Crippen LogP contribution in [0.25, 0.3) is 11.2 Å². The van der Waals surface area contributed by atoms with Crippen molar-refractivity contribution >= 4 is 28.6 Å². The first-order valence-corrected chi connectivity index (χ1v) is 13.2. The van der Waals surface area contributed by atoms with Crippen molar-refractivity contribution in [2.75, 3.05) is 11.9 Å². The molecule has 0 spiro atoms. The highest BCUT2D eigenvalue weighted by atomic mass is 35.5. The summed E-state index contributed by atoms with van der Waals surface area (Å²) in [5.41, 5.74) is -0.712. The zero-order valence-corrected chi connectivity index (χ0v) is 22.6. The average molecular weight is 600 g/mol. The molecule has 0 aliphatic carbocycles. The van der Waals surface area contributed by atoms with Gasteiger partial charge in [0.25, 0.3) is 0 Å². The van der Waals surface area contributed by atoms with E-state index in [0.717, 1.165) is 0 Å². The molecule has 0 unspecified atom stereocenters. The number of hydrogen-bond acceptors (Lipinski definition) is 11. The topological polar surface area (TPSA) is 169 Å². The fraction of sp³-hybridized carbons (Fsp3) is 0.308. The van der Waals surface area contributed by atoms with Crippen molar-refractivity contribution in [2.45, 2.75) is 43.6 Å². The number of halogens is 3. The van der Waals surface area contributed by atoms with Crippen LogP contribution in [0.2, 0.25) is 5.28 Å². The quantitative estimate of drug-likeness (QED) is 0.193. The molecule has 2 aromatic carbocycles. The summed E-state index contributed by atoms with van der Waals surface area (Å²) in [6.07, 6.45) is -3.66. The van der Waals surface area contributed by atoms with Crippen LogP contribution in [0.4, 0.5) is 14.6 Å². The lowest BCUT2D eigenvalue weighted by molar-refractivity contribution is -0.0384. The zero-order valence-electron chi connectivity index (χ0n) is 21.9. The number of aromatic nitrogens is 8. The molecule has 1 saturated heterocycles. The first kappa shape index (κ1) is 28.0. The van der Waals surface area contributed by atoms with Gasteiger partial charge in [-0.25, -0.2) is 13.8 Å². The third-order valence-electron chi connectivity index (χ3n) is 7.07. The predicted octanol–water partition coefficient (Wildman–Crippen LogP) is 2.10. The van der Waals surface area contributed by atoms with Crippen LogP contribution < -0.4 is 5.32 Å². The van der Waals surface area contributed by atoms with Gasteiger partial charge in [-0.2, -0.15) is 14.8 Å². The van der Waals surface area contributed by atoms with E-state index >= 15 is 0 Å². The number of aliphatic hydroxyl groups excluding tert-OH is 2. The van der Waals surface area contributed by atoms with Gasteiger partial charge in [-0.05, 0) is 59.1 Å². The molecule has 4 heterocycles. The summed E-state index contributed by atoms with van der Waals surface area (Å²) < 4.78 is 34.7. The summed E-state index contributed by atoms with van der Waals surface area (Å²) in [7, 11) is 0. The van der Waals surface area contributed by atoms with E-state index in [1.54, 1.807) is 0 Å². The van der Waals surface area contributed by atoms with Gasteiger partial charge >= 0.3 is 0 Å². The van der Waals surface area contributed by atoms with Crippen LogP contribution in [0.3, 0.4) is 0 Å². The first-order chi connectivity index (χ1) is 20.2. The van der Waals surface area contributed by atoms with Crippen molar-refractivity contribution < 1.29 is 28.8 Å². The normalized spacial score (nSPS) is 20.8. The van der Waals surface area contributed by atoms with E-state index in [2.05, 4.69) is 35.7 Å². The van der Waals surface area contributed by atoms with Crippen LogP contribution >= 0.6 is 11.6 Å². The fourth-order valence-electron chi connectivity index (χ4n) is 4.84. The Morgan fingerprint density at radius 3 is 2.24 bits per heavy atom. The highest BCUT2D eigenvalue weighted by Crippen LogP contribution is 2.39. The largest absolute Gasteiger partial charge is 0.387 e. The number of nitrogens with one attached hydrogen (secondary N) is 1. The van der Waals surface area contributed by atoms with Gasteiger partial charge in [0, 0.05) is 0 Å². The molecule has 16 heteroatoms. The maximum absolute atomic E-state index is 13.7. The van der Waals surface area contributed by atoms with E-state index < -0.39 is 41.8 Å². The third-order valence-corrected chi connectivity index (χ3v) is 7.24. The zero-order chi connectivity index (χ0) is 29.6. The molecular formula is C26H24ClF2N9O4. The van der Waals surface area contributed by atoms with Crippen molar-refractivity contribution in [3.8, 4) is 0 Å². The van der Waals surface area contributed by atoms with Crippen LogP contribution in [0, 0.1) is 11.6 Å². The summed E-state index contributed by atoms with van der Waals surface area (Å²) in [5.74, 6) is -0.746. The first-order valence-electron chi connectivity index (χ1n) is 12.9. The molecule has 3 aromatic heterocycles. The number of aliphatic hydroxyl groups is 3. The van der Waals surface area contributed by atoms with Gasteiger partial charge in [-0.15, -0.1) is 10.2 Å². The number of rotatable bonds is 8. The minimum atomic E-state index is -1.75. The molecule has 42 heavy (non-hydrogen) atoms. The van der Waals surface area contributed by atoms with Crippen molar-refractivity contribution in [1.29, 1.82) is 0 Å². The molecule has 1 fully saturated rings. The SMILES string of the molecule is CCn1nnc([C@H]2O[C@@H](n3cnc4c(NCC(O)(c5ccc(F)cc5)c5ccc(F)cc5)nc(Cl)nc43)[C@H](O)[C@@H]2O)n1. The number of hydrogen-bond donors (Lipinski definition) is 4. The monoisotopic (exact) mass is 599 g/mol. The van der Waals surface area contributed by atoms with E-state index in [-0.39, 0.29) is 34.6 Å². The summed E-state index contributed by atoms with van der Waals surface area (Å²) in [6, 6.07) is 10.5. The molecule has 13 nitrogen and oxygen atoms in total. The molecule has 0 saturated carbocycles. The van der Waals surface area contributed by atoms with E-state index in [9.17, 15) is 24.1 Å². The second-order valence-corrected chi connectivity index (χ2v) is 10.00. The second kappa shape index (κ2) is 10.9. The Balaban J connectivity index is 1.32. The van der Waals surface area contributed by atoms with E-state index in [1.165, 1.54) is 64.2 Å². The molecule has 0 amide bonds. The Morgan fingerprint density at radius 1 is 1.00 bits per heavy atom. The van der Waals surface area contributed by atoms with Gasteiger partial charge < -0.3 is 25.4 Å². The van der Waals surface area contributed by atoms with Crippen LogP contribution in [0.15, 0.2) is 54.9 Å². The molecule has 218 valence electrons. The lowest BCUT2D eigenvalue weighted by Crippen LogP contribution is -2.36. The Kier molecular flexibility index (Phi) is 7.28. The summed E-state index contributed by atoms with van der Waals surface area (Å²) >= 11 is 6.25. The van der Waals surface area contributed by atoms with E-state index in [1.807, 2.05) is 6.92 Å². The molecular weight excluding hydrogens is 576 g/mol. The van der Waals surface area contributed by atoms with Gasteiger partial charge in [-0.1, -0.05) is 24.3 Å². The predicted molar refractivity (Wildman–Crippen MR) is 143 cm³/mol. The molecule has 0 radical (unpaired) electrons. The van der Waals surface area contributed by atoms with Crippen LogP contribution in [-0.2, 0) is 16.9 Å². The summed E-state index contributed by atoms with van der Waals surface area (Å²) in [5, 5.41) is 48.1. The van der Waals surface area contributed by atoms with Crippen LogP contribution in [-0.4, -0.2) is 73.8 Å². The van der Waals surface area contributed by atoms with E-state index in [4.69, 9.17) is 16.3 Å². The van der Waals surface area contributed by atoms with Gasteiger partial charge in [0.1, 0.15) is 29.4 Å². The number of aryl methyl sites for hydroxylation is 1. The van der Waals surface area contributed by atoms with Gasteiger partial charge in [0.05, 0.1) is 19.4 Å². The van der Waals surface area contributed by atoms with Crippen LogP contribution in [0.1, 0.15) is 36.2 Å². The Morgan fingerprint density at radius 2 is 1.64 bits per heavy atom. The lowest BCUT2D eigenvalue weighted by atomic mass is 9.86. The van der Waals surface area contributed by atoms with Crippen LogP contribution in [0.5, 0.6) is 0 Å². The highest BCUT2D eigenvalue weighted by Gasteiger charge is 2.47.